The number of benzene rings is 1. The van der Waals surface area contributed by atoms with Gasteiger partial charge in [-0.3, -0.25) is 9.79 Å². The zero-order chi connectivity index (χ0) is 19.8. The molecule has 1 aliphatic rings. The third-order valence-corrected chi connectivity index (χ3v) is 5.57. The molecule has 6 nitrogen and oxygen atoms in total. The first-order valence-corrected chi connectivity index (χ1v) is 10.7. The minimum atomic E-state index is -0.0407. The fraction of sp³-hybridized carbons (Fsp3) is 0.429. The Morgan fingerprint density at radius 2 is 1.86 bits per heavy atom. The van der Waals surface area contributed by atoms with Gasteiger partial charge in [-0.05, 0) is 38.1 Å². The van der Waals surface area contributed by atoms with E-state index in [2.05, 4.69) is 48.3 Å². The van der Waals surface area contributed by atoms with E-state index in [4.69, 9.17) is 9.41 Å². The topological polar surface area (TPSA) is 61.1 Å². The van der Waals surface area contributed by atoms with Crippen molar-refractivity contribution < 1.29 is 9.21 Å². The summed E-state index contributed by atoms with van der Waals surface area (Å²) in [6.45, 7) is 8.63. The van der Waals surface area contributed by atoms with E-state index in [0.717, 1.165) is 37.9 Å². The number of furan rings is 1. The molecule has 2 aromatic rings. The van der Waals surface area contributed by atoms with Crippen LogP contribution in [0, 0.1) is 6.92 Å². The van der Waals surface area contributed by atoms with Gasteiger partial charge in [0.1, 0.15) is 0 Å². The van der Waals surface area contributed by atoms with Crippen LogP contribution in [0.5, 0.6) is 0 Å². The quantitative estimate of drug-likeness (QED) is 0.349. The van der Waals surface area contributed by atoms with Crippen molar-refractivity contribution >= 4 is 23.6 Å². The van der Waals surface area contributed by atoms with Gasteiger partial charge in [-0.15, -0.1) is 11.8 Å². The smallest absolute Gasteiger partial charge is 0.289 e. The van der Waals surface area contributed by atoms with Crippen LogP contribution in [0.25, 0.3) is 0 Å². The number of thioether (sulfide) groups is 1. The largest absolute Gasteiger partial charge is 0.459 e. The summed E-state index contributed by atoms with van der Waals surface area (Å²) in [5.41, 5.74) is 1.28. The molecule has 0 aliphatic carbocycles. The number of piperazine rings is 1. The van der Waals surface area contributed by atoms with Gasteiger partial charge in [-0.2, -0.15) is 0 Å². The van der Waals surface area contributed by atoms with Crippen LogP contribution in [0.4, 0.5) is 0 Å². The summed E-state index contributed by atoms with van der Waals surface area (Å²) in [7, 11) is 0. The van der Waals surface area contributed by atoms with Crippen LogP contribution in [0.1, 0.15) is 23.0 Å². The molecule has 0 saturated carbocycles. The highest BCUT2D eigenvalue weighted by atomic mass is 32.2. The molecular formula is C21H28N4O2S. The number of amides is 1. The molecule has 1 saturated heterocycles. The number of hydrogen-bond donors (Lipinski definition) is 1. The molecule has 0 bridgehead atoms. The molecule has 150 valence electrons. The number of carbonyl (C=O) groups is 1. The first-order chi connectivity index (χ1) is 13.7. The maximum atomic E-state index is 12.4. The van der Waals surface area contributed by atoms with Crippen molar-refractivity contribution in [3.63, 3.8) is 0 Å². The van der Waals surface area contributed by atoms with Crippen molar-refractivity contribution in [3.8, 4) is 0 Å². The molecule has 0 atom stereocenters. The van der Waals surface area contributed by atoms with Gasteiger partial charge in [-0.1, -0.05) is 17.7 Å². The number of aryl methyl sites for hydroxylation is 1. The third kappa shape index (κ3) is 5.55. The van der Waals surface area contributed by atoms with Crippen LogP contribution >= 0.6 is 11.8 Å². The van der Waals surface area contributed by atoms with E-state index in [1.807, 2.05) is 16.7 Å². The number of aliphatic imine (C=N–C) groups is 1. The fourth-order valence-corrected chi connectivity index (χ4v) is 3.80. The second kappa shape index (κ2) is 10.2. The molecule has 0 unspecified atom stereocenters. The summed E-state index contributed by atoms with van der Waals surface area (Å²) in [6, 6.07) is 12.0. The van der Waals surface area contributed by atoms with E-state index in [9.17, 15) is 4.79 Å². The Balaban J connectivity index is 1.49. The molecule has 0 spiro atoms. The van der Waals surface area contributed by atoms with E-state index >= 15 is 0 Å². The highest BCUT2D eigenvalue weighted by Crippen LogP contribution is 2.18. The van der Waals surface area contributed by atoms with Crippen molar-refractivity contribution in [1.82, 2.24) is 15.1 Å². The van der Waals surface area contributed by atoms with Crippen molar-refractivity contribution in [2.75, 3.05) is 45.0 Å². The second-order valence-electron chi connectivity index (χ2n) is 6.65. The third-order valence-electron chi connectivity index (χ3n) is 4.58. The monoisotopic (exact) mass is 400 g/mol. The molecule has 2 heterocycles. The average molecular weight is 401 g/mol. The lowest BCUT2D eigenvalue weighted by atomic mass is 10.2. The predicted octanol–water partition coefficient (Wildman–Crippen LogP) is 3.10. The molecule has 7 heteroatoms. The fourth-order valence-electron chi connectivity index (χ4n) is 3.05. The number of rotatable bonds is 6. The number of nitrogens with zero attached hydrogens (tertiary/aromatic N) is 3. The second-order valence-corrected chi connectivity index (χ2v) is 7.82. The standard InChI is InChI=1S/C21H28N4O2S/c1-3-22-21(23-10-16-28-18-8-6-17(2)7-9-18)25-13-11-24(12-14-25)20(26)19-5-4-15-27-19/h4-9,15H,3,10-14,16H2,1-2H3,(H,22,23). The molecule has 1 aliphatic heterocycles. The van der Waals surface area contributed by atoms with Crippen LogP contribution in [-0.2, 0) is 0 Å². The van der Waals surface area contributed by atoms with Gasteiger partial charge >= 0.3 is 0 Å². The number of carbonyl (C=O) groups excluding carboxylic acids is 1. The minimum absolute atomic E-state index is 0.0407. The average Bonchev–Trinajstić information content (AvgIpc) is 3.26. The van der Waals surface area contributed by atoms with Crippen molar-refractivity contribution in [3.05, 3.63) is 54.0 Å². The summed E-state index contributed by atoms with van der Waals surface area (Å²) < 4.78 is 5.23. The zero-order valence-electron chi connectivity index (χ0n) is 16.6. The summed E-state index contributed by atoms with van der Waals surface area (Å²) >= 11 is 1.82. The molecular weight excluding hydrogens is 372 g/mol. The summed E-state index contributed by atoms with van der Waals surface area (Å²) in [5.74, 6) is 2.23. The molecule has 1 N–H and O–H groups in total. The summed E-state index contributed by atoms with van der Waals surface area (Å²) in [4.78, 5) is 22.5. The molecule has 3 rings (SSSR count). The van der Waals surface area contributed by atoms with Crippen LogP contribution in [0.15, 0.2) is 57.0 Å². The first-order valence-electron chi connectivity index (χ1n) is 9.73. The predicted molar refractivity (Wildman–Crippen MR) is 114 cm³/mol. The Labute approximate surface area is 171 Å². The molecule has 28 heavy (non-hydrogen) atoms. The lowest BCUT2D eigenvalue weighted by molar-refractivity contribution is 0.0657. The Bertz CT molecular complexity index is 766. The van der Waals surface area contributed by atoms with E-state index in [1.165, 1.54) is 16.7 Å². The Kier molecular flexibility index (Phi) is 7.42. The van der Waals surface area contributed by atoms with E-state index in [-0.39, 0.29) is 5.91 Å². The van der Waals surface area contributed by atoms with Gasteiger partial charge in [0.25, 0.3) is 5.91 Å². The van der Waals surface area contributed by atoms with Gasteiger partial charge in [0.2, 0.25) is 0 Å². The lowest BCUT2D eigenvalue weighted by Crippen LogP contribution is -2.53. The number of hydrogen-bond acceptors (Lipinski definition) is 4. The van der Waals surface area contributed by atoms with Crippen LogP contribution in [0.3, 0.4) is 0 Å². The maximum Gasteiger partial charge on any atom is 0.289 e. The summed E-state index contributed by atoms with van der Waals surface area (Å²) in [5, 5.41) is 3.37. The van der Waals surface area contributed by atoms with Gasteiger partial charge in [0.15, 0.2) is 11.7 Å². The van der Waals surface area contributed by atoms with Gasteiger partial charge in [-0.25, -0.2) is 0 Å². The van der Waals surface area contributed by atoms with Crippen molar-refractivity contribution in [1.29, 1.82) is 0 Å². The van der Waals surface area contributed by atoms with Gasteiger partial charge in [0.05, 0.1) is 12.8 Å². The van der Waals surface area contributed by atoms with Gasteiger partial charge < -0.3 is 19.5 Å². The van der Waals surface area contributed by atoms with E-state index in [0.29, 0.717) is 18.8 Å². The molecule has 1 aromatic carbocycles. The molecule has 1 aromatic heterocycles. The van der Waals surface area contributed by atoms with Crippen LogP contribution in [-0.4, -0.2) is 66.7 Å². The Morgan fingerprint density at radius 1 is 1.14 bits per heavy atom. The molecule has 1 fully saturated rings. The Morgan fingerprint density at radius 3 is 2.50 bits per heavy atom. The lowest BCUT2D eigenvalue weighted by Gasteiger charge is -2.36. The summed E-state index contributed by atoms with van der Waals surface area (Å²) in [6.07, 6.45) is 1.54. The van der Waals surface area contributed by atoms with Crippen LogP contribution < -0.4 is 5.32 Å². The first kappa shape index (κ1) is 20.3. The maximum absolute atomic E-state index is 12.4. The van der Waals surface area contributed by atoms with Crippen molar-refractivity contribution in [2.24, 2.45) is 4.99 Å². The number of guanidine groups is 1. The van der Waals surface area contributed by atoms with E-state index < -0.39 is 0 Å². The zero-order valence-corrected chi connectivity index (χ0v) is 17.4. The normalized spacial score (nSPS) is 15.0. The highest BCUT2D eigenvalue weighted by molar-refractivity contribution is 7.99. The van der Waals surface area contributed by atoms with Crippen molar-refractivity contribution in [2.45, 2.75) is 18.7 Å². The SMILES string of the molecule is CCNC(=NCCSc1ccc(C)cc1)N1CCN(C(=O)c2ccco2)CC1. The molecule has 0 radical (unpaired) electrons. The Hall–Kier alpha value is -2.41. The van der Waals surface area contributed by atoms with E-state index in [1.54, 1.807) is 12.1 Å². The molecule has 1 amide bonds. The van der Waals surface area contributed by atoms with Gasteiger partial charge in [0, 0.05) is 43.4 Å². The highest BCUT2D eigenvalue weighted by Gasteiger charge is 2.25. The number of nitrogens with one attached hydrogen (secondary N) is 1. The minimum Gasteiger partial charge on any atom is -0.459 e. The van der Waals surface area contributed by atoms with Crippen LogP contribution in [0.2, 0.25) is 0 Å².